The van der Waals surface area contributed by atoms with Gasteiger partial charge < -0.3 is 14.0 Å². The van der Waals surface area contributed by atoms with E-state index in [0.717, 1.165) is 19.6 Å². The molecule has 0 saturated carbocycles. The predicted octanol–water partition coefficient (Wildman–Crippen LogP) is 2.84. The number of nitrogens with zero attached hydrogens (tertiary/aromatic N) is 3. The van der Waals surface area contributed by atoms with Crippen molar-refractivity contribution in [1.29, 1.82) is 0 Å². The largest absolute Gasteiger partial charge is 0.491 e. The number of fused-ring (bicyclic) bond motifs is 1. The van der Waals surface area contributed by atoms with Gasteiger partial charge in [0.15, 0.2) is 0 Å². The summed E-state index contributed by atoms with van der Waals surface area (Å²) in [5.41, 5.74) is 0.508. The van der Waals surface area contributed by atoms with Gasteiger partial charge in [0.25, 0.3) is 5.56 Å². The lowest BCUT2D eigenvalue weighted by Gasteiger charge is -2.26. The van der Waals surface area contributed by atoms with Crippen molar-refractivity contribution in [1.82, 2.24) is 14.4 Å². The Labute approximate surface area is 197 Å². The van der Waals surface area contributed by atoms with Crippen molar-refractivity contribution in [3.8, 4) is 5.75 Å². The van der Waals surface area contributed by atoms with Crippen LogP contribution in [0.15, 0.2) is 29.1 Å². The summed E-state index contributed by atoms with van der Waals surface area (Å²) in [7, 11) is 1.30. The SMILES string of the molecule is COC(=O)c1c(OCCN2CCCCC2)cc(=O)n2c1CCN(Cc1c(F)cccc1F)CC2. The van der Waals surface area contributed by atoms with Gasteiger partial charge in [-0.1, -0.05) is 12.5 Å². The highest BCUT2D eigenvalue weighted by Gasteiger charge is 2.27. The number of hydrogen-bond donors (Lipinski definition) is 0. The van der Waals surface area contributed by atoms with Crippen LogP contribution < -0.4 is 10.3 Å². The zero-order valence-corrected chi connectivity index (χ0v) is 19.5. The summed E-state index contributed by atoms with van der Waals surface area (Å²) in [6.45, 7) is 4.35. The Balaban J connectivity index is 1.54. The van der Waals surface area contributed by atoms with E-state index in [1.54, 1.807) is 4.57 Å². The molecule has 1 aromatic carbocycles. The average Bonchev–Trinajstić information content (AvgIpc) is 3.05. The topological polar surface area (TPSA) is 64.0 Å². The number of likely N-dealkylation sites (tertiary alicyclic amines) is 1. The number of benzene rings is 1. The minimum atomic E-state index is -0.599. The van der Waals surface area contributed by atoms with E-state index in [-0.39, 0.29) is 29.0 Å². The lowest BCUT2D eigenvalue weighted by molar-refractivity contribution is 0.0592. The number of piperidine rings is 1. The fourth-order valence-electron chi connectivity index (χ4n) is 4.76. The molecule has 0 N–H and O–H groups in total. The summed E-state index contributed by atoms with van der Waals surface area (Å²) in [4.78, 5) is 29.8. The molecule has 0 amide bonds. The molecule has 1 aromatic heterocycles. The number of aromatic nitrogens is 1. The van der Waals surface area contributed by atoms with E-state index >= 15 is 0 Å². The van der Waals surface area contributed by atoms with Crippen LogP contribution in [-0.4, -0.2) is 66.8 Å². The van der Waals surface area contributed by atoms with Gasteiger partial charge in [-0.25, -0.2) is 13.6 Å². The Hall–Kier alpha value is -2.78. The van der Waals surface area contributed by atoms with E-state index in [0.29, 0.717) is 38.4 Å². The molecule has 2 aliphatic rings. The van der Waals surface area contributed by atoms with Crippen LogP contribution in [0.1, 0.15) is 40.9 Å². The summed E-state index contributed by atoms with van der Waals surface area (Å²) in [5.74, 6) is -1.53. The van der Waals surface area contributed by atoms with E-state index in [1.165, 1.54) is 50.6 Å². The molecule has 0 spiro atoms. The highest BCUT2D eigenvalue weighted by Crippen LogP contribution is 2.25. The number of carbonyl (C=O) groups is 1. The van der Waals surface area contributed by atoms with Gasteiger partial charge >= 0.3 is 5.97 Å². The predicted molar refractivity (Wildman–Crippen MR) is 123 cm³/mol. The van der Waals surface area contributed by atoms with Crippen molar-refractivity contribution < 1.29 is 23.0 Å². The quantitative estimate of drug-likeness (QED) is 0.574. The third kappa shape index (κ3) is 5.47. The van der Waals surface area contributed by atoms with Gasteiger partial charge in [-0.05, 0) is 38.1 Å². The van der Waals surface area contributed by atoms with Crippen LogP contribution in [0.2, 0.25) is 0 Å². The van der Waals surface area contributed by atoms with Gasteiger partial charge in [0.1, 0.15) is 29.6 Å². The van der Waals surface area contributed by atoms with Crippen molar-refractivity contribution in [2.75, 3.05) is 46.4 Å². The Kier molecular flexibility index (Phi) is 7.95. The summed E-state index contributed by atoms with van der Waals surface area (Å²) in [5, 5.41) is 0. The fourth-order valence-corrected chi connectivity index (χ4v) is 4.76. The summed E-state index contributed by atoms with van der Waals surface area (Å²) >= 11 is 0. The monoisotopic (exact) mass is 475 g/mol. The Morgan fingerprint density at radius 3 is 2.44 bits per heavy atom. The second-order valence-electron chi connectivity index (χ2n) is 8.79. The Morgan fingerprint density at radius 1 is 1.00 bits per heavy atom. The molecule has 0 unspecified atom stereocenters. The maximum Gasteiger partial charge on any atom is 0.343 e. The van der Waals surface area contributed by atoms with Crippen LogP contribution in [0.5, 0.6) is 5.75 Å². The standard InChI is InChI=1S/C25H31F2N3O4/c1-33-25(32)24-21-8-11-29(17-18-19(26)6-5-7-20(18)27)12-13-30(21)23(31)16-22(24)34-15-14-28-9-3-2-4-10-28/h5-7,16H,2-4,8-15,17H2,1H3. The smallest absolute Gasteiger partial charge is 0.343 e. The lowest BCUT2D eigenvalue weighted by atomic mass is 10.1. The van der Waals surface area contributed by atoms with E-state index in [2.05, 4.69) is 4.90 Å². The van der Waals surface area contributed by atoms with Gasteiger partial charge in [-0.3, -0.25) is 14.6 Å². The van der Waals surface area contributed by atoms with Gasteiger partial charge in [0.05, 0.1) is 7.11 Å². The number of pyridine rings is 1. The molecule has 2 aromatic rings. The first-order valence-electron chi connectivity index (χ1n) is 11.8. The van der Waals surface area contributed by atoms with Crippen LogP contribution in [0.4, 0.5) is 8.78 Å². The molecular weight excluding hydrogens is 444 g/mol. The van der Waals surface area contributed by atoms with Crippen molar-refractivity contribution in [3.63, 3.8) is 0 Å². The zero-order valence-electron chi connectivity index (χ0n) is 19.5. The van der Waals surface area contributed by atoms with Crippen molar-refractivity contribution in [2.45, 2.75) is 38.8 Å². The number of hydrogen-bond acceptors (Lipinski definition) is 6. The molecule has 1 fully saturated rings. The lowest BCUT2D eigenvalue weighted by Crippen LogP contribution is -2.34. The second kappa shape index (κ2) is 11.1. The minimum Gasteiger partial charge on any atom is -0.491 e. The van der Waals surface area contributed by atoms with E-state index in [9.17, 15) is 18.4 Å². The van der Waals surface area contributed by atoms with Crippen molar-refractivity contribution in [3.05, 3.63) is 63.1 Å². The van der Waals surface area contributed by atoms with Crippen LogP contribution in [0, 0.1) is 11.6 Å². The molecule has 184 valence electrons. The molecule has 9 heteroatoms. The van der Waals surface area contributed by atoms with Crippen molar-refractivity contribution >= 4 is 5.97 Å². The second-order valence-corrected chi connectivity index (χ2v) is 8.79. The molecule has 0 atom stereocenters. The van der Waals surface area contributed by atoms with E-state index < -0.39 is 17.6 Å². The maximum absolute atomic E-state index is 14.2. The Morgan fingerprint density at radius 2 is 1.74 bits per heavy atom. The number of esters is 1. The van der Waals surface area contributed by atoms with Crippen LogP contribution in [0.3, 0.4) is 0 Å². The molecule has 0 radical (unpaired) electrons. The molecule has 2 aliphatic heterocycles. The number of halogens is 2. The van der Waals surface area contributed by atoms with E-state index in [1.807, 2.05) is 4.90 Å². The number of ether oxygens (including phenoxy) is 2. The molecule has 3 heterocycles. The number of carbonyl (C=O) groups excluding carboxylic acids is 1. The first-order valence-corrected chi connectivity index (χ1v) is 11.8. The summed E-state index contributed by atoms with van der Waals surface area (Å²) in [6, 6.07) is 5.15. The molecule has 0 bridgehead atoms. The third-order valence-corrected chi connectivity index (χ3v) is 6.63. The van der Waals surface area contributed by atoms with Gasteiger partial charge in [-0.2, -0.15) is 0 Å². The van der Waals surface area contributed by atoms with Crippen molar-refractivity contribution in [2.24, 2.45) is 0 Å². The Bertz CT molecular complexity index is 1060. The third-order valence-electron chi connectivity index (χ3n) is 6.63. The summed E-state index contributed by atoms with van der Waals surface area (Å²) in [6.07, 6.45) is 3.92. The minimum absolute atomic E-state index is 0.00395. The molecular formula is C25H31F2N3O4. The highest BCUT2D eigenvalue weighted by atomic mass is 19.1. The zero-order chi connectivity index (χ0) is 24.1. The first kappa shape index (κ1) is 24.3. The molecule has 4 rings (SSSR count). The first-order chi connectivity index (χ1) is 16.5. The summed E-state index contributed by atoms with van der Waals surface area (Å²) < 4.78 is 40.8. The van der Waals surface area contributed by atoms with Crippen LogP contribution >= 0.6 is 0 Å². The molecule has 7 nitrogen and oxygen atoms in total. The van der Waals surface area contributed by atoms with Gasteiger partial charge in [0, 0.05) is 56.5 Å². The van der Waals surface area contributed by atoms with Gasteiger partial charge in [-0.15, -0.1) is 0 Å². The van der Waals surface area contributed by atoms with E-state index in [4.69, 9.17) is 9.47 Å². The van der Waals surface area contributed by atoms with Crippen LogP contribution in [0.25, 0.3) is 0 Å². The number of rotatable bonds is 7. The highest BCUT2D eigenvalue weighted by molar-refractivity contribution is 5.93. The van der Waals surface area contributed by atoms with Crippen LogP contribution in [-0.2, 0) is 24.2 Å². The molecule has 1 saturated heterocycles. The maximum atomic E-state index is 14.2. The molecule has 0 aliphatic carbocycles. The molecule has 34 heavy (non-hydrogen) atoms. The fraction of sp³-hybridized carbons (Fsp3) is 0.520. The normalized spacial score (nSPS) is 17.1. The average molecular weight is 476 g/mol. The van der Waals surface area contributed by atoms with Gasteiger partial charge in [0.2, 0.25) is 0 Å². The number of methoxy groups -OCH3 is 1.